The predicted octanol–water partition coefficient (Wildman–Crippen LogP) is 5.67. The maximum absolute atomic E-state index is 13.7. The van der Waals surface area contributed by atoms with Crippen molar-refractivity contribution in [3.63, 3.8) is 0 Å². The van der Waals surface area contributed by atoms with Gasteiger partial charge in [0.2, 0.25) is 11.6 Å². The van der Waals surface area contributed by atoms with Crippen LogP contribution < -0.4 is 21.3 Å². The minimum absolute atomic E-state index is 0.000409. The average molecular weight is 681 g/mol. The number of ketones is 2. The highest BCUT2D eigenvalue weighted by molar-refractivity contribution is 6.33. The maximum Gasteiger partial charge on any atom is 0.305 e. The molecule has 1 aliphatic carbocycles. The van der Waals surface area contributed by atoms with E-state index in [4.69, 9.17) is 9.84 Å². The molecule has 0 spiro atoms. The number of ether oxygens (including phenoxy) is 1. The highest BCUT2D eigenvalue weighted by Crippen LogP contribution is 2.42. The first kappa shape index (κ1) is 39.5. The van der Waals surface area contributed by atoms with Crippen molar-refractivity contribution in [1.29, 1.82) is 0 Å². The van der Waals surface area contributed by atoms with E-state index < -0.39 is 11.6 Å². The lowest BCUT2D eigenvalue weighted by Gasteiger charge is -2.25. The number of hydrogen-bond donors (Lipinski definition) is 7. The lowest BCUT2D eigenvalue weighted by Crippen LogP contribution is -2.29. The Labute approximate surface area is 290 Å². The first-order chi connectivity index (χ1) is 23.9. The summed E-state index contributed by atoms with van der Waals surface area (Å²) in [5.41, 5.74) is 0.636. The molecular formula is C38H56N4O7. The molecule has 1 aliphatic rings. The SMILES string of the molecule is CCCCCC/C=C\CCCCCCCC(=O)OCCNCCNc1ccc(NCCNCCO)c2c1C(=O)c1c(O)ccc(O)c1C2=O. The summed E-state index contributed by atoms with van der Waals surface area (Å²) < 4.78 is 5.35. The van der Waals surface area contributed by atoms with E-state index >= 15 is 0 Å². The maximum atomic E-state index is 13.7. The standard InChI is InChI=1S/C38H56N4O7/c1-2-3-4-5-6-7-8-9-10-11-12-13-14-15-32(46)49-27-25-40-21-23-42-29-17-16-28(41-22-20-39-24-26-43)33-34(29)38(48)36-31(45)19-18-30(44)35(36)37(33)47/h7-8,16-19,39-45H,2-6,9-15,20-27H2,1H3/b8-7-. The van der Waals surface area contributed by atoms with Crippen LogP contribution in [0.4, 0.5) is 11.4 Å². The number of hydrogen-bond acceptors (Lipinski definition) is 11. The Kier molecular flexibility index (Phi) is 18.3. The zero-order chi connectivity index (χ0) is 35.3. The Morgan fingerprint density at radius 3 is 1.71 bits per heavy atom. The molecule has 0 saturated heterocycles. The Morgan fingerprint density at radius 2 is 1.16 bits per heavy atom. The number of carbonyl (C=O) groups is 3. The van der Waals surface area contributed by atoms with Crippen molar-refractivity contribution in [1.82, 2.24) is 10.6 Å². The molecule has 3 rings (SSSR count). The number of carbonyl (C=O) groups excluding carboxylic acids is 3. The molecule has 0 heterocycles. The molecule has 49 heavy (non-hydrogen) atoms. The second-order valence-electron chi connectivity index (χ2n) is 12.3. The molecule has 0 fully saturated rings. The summed E-state index contributed by atoms with van der Waals surface area (Å²) in [6, 6.07) is 5.79. The summed E-state index contributed by atoms with van der Waals surface area (Å²) in [6.07, 6.45) is 18.0. The molecule has 11 heteroatoms. The third-order valence-electron chi connectivity index (χ3n) is 8.48. The molecule has 2 aromatic rings. The first-order valence-electron chi connectivity index (χ1n) is 18.0. The fourth-order valence-electron chi connectivity index (χ4n) is 5.86. The van der Waals surface area contributed by atoms with Crippen LogP contribution in [0.25, 0.3) is 0 Å². The average Bonchev–Trinajstić information content (AvgIpc) is 3.09. The number of aliphatic hydroxyl groups is 1. The number of aromatic hydroxyl groups is 2. The highest BCUT2D eigenvalue weighted by atomic mass is 16.5. The van der Waals surface area contributed by atoms with Crippen molar-refractivity contribution >= 4 is 28.9 Å². The van der Waals surface area contributed by atoms with E-state index in [1.807, 2.05) is 0 Å². The van der Waals surface area contributed by atoms with Gasteiger partial charge in [0.1, 0.15) is 18.1 Å². The predicted molar refractivity (Wildman–Crippen MR) is 194 cm³/mol. The Hall–Kier alpha value is -3.93. The van der Waals surface area contributed by atoms with Crippen LogP contribution in [0.2, 0.25) is 0 Å². The number of anilines is 2. The number of unbranched alkanes of at least 4 members (excludes halogenated alkanes) is 9. The second kappa shape index (κ2) is 22.7. The van der Waals surface area contributed by atoms with Crippen molar-refractivity contribution in [2.45, 2.75) is 84.0 Å². The van der Waals surface area contributed by atoms with Crippen LogP contribution in [0.3, 0.4) is 0 Å². The zero-order valence-corrected chi connectivity index (χ0v) is 29.1. The number of allylic oxidation sites excluding steroid dienone is 2. The van der Waals surface area contributed by atoms with E-state index in [0.717, 1.165) is 25.7 Å². The summed E-state index contributed by atoms with van der Waals surface area (Å²) in [7, 11) is 0. The number of phenolic OH excluding ortho intramolecular Hbond substituents is 2. The summed E-state index contributed by atoms with van der Waals surface area (Å²) in [5, 5.41) is 42.5. The van der Waals surface area contributed by atoms with Gasteiger partial charge in [0.15, 0.2) is 0 Å². The number of fused-ring (bicyclic) bond motifs is 2. The molecule has 7 N–H and O–H groups in total. The van der Waals surface area contributed by atoms with Crippen molar-refractivity contribution < 1.29 is 34.4 Å². The fourth-order valence-corrected chi connectivity index (χ4v) is 5.86. The summed E-state index contributed by atoms with van der Waals surface area (Å²) in [5.74, 6) is -2.07. The van der Waals surface area contributed by atoms with Gasteiger partial charge in [-0.25, -0.2) is 0 Å². The van der Waals surface area contributed by atoms with Crippen LogP contribution >= 0.6 is 0 Å². The smallest absolute Gasteiger partial charge is 0.305 e. The second-order valence-corrected chi connectivity index (χ2v) is 12.3. The van der Waals surface area contributed by atoms with Gasteiger partial charge in [-0.2, -0.15) is 0 Å². The van der Waals surface area contributed by atoms with Crippen LogP contribution in [0, 0.1) is 0 Å². The molecule has 0 atom stereocenters. The van der Waals surface area contributed by atoms with Crippen molar-refractivity contribution in [2.75, 3.05) is 63.1 Å². The van der Waals surface area contributed by atoms with Crippen LogP contribution in [-0.2, 0) is 9.53 Å². The largest absolute Gasteiger partial charge is 0.507 e. The van der Waals surface area contributed by atoms with Crippen molar-refractivity contribution in [3.8, 4) is 11.5 Å². The number of benzene rings is 2. The van der Waals surface area contributed by atoms with Crippen molar-refractivity contribution in [3.05, 3.63) is 58.7 Å². The molecule has 270 valence electrons. The molecule has 11 nitrogen and oxygen atoms in total. The number of esters is 1. The minimum atomic E-state index is -0.567. The number of phenols is 2. The van der Waals surface area contributed by atoms with E-state index in [1.165, 1.54) is 57.1 Å². The van der Waals surface area contributed by atoms with Crippen LogP contribution in [0.5, 0.6) is 11.5 Å². The highest BCUT2D eigenvalue weighted by Gasteiger charge is 2.37. The normalized spacial score (nSPS) is 12.3. The summed E-state index contributed by atoms with van der Waals surface area (Å²) in [6.45, 7) is 5.24. The van der Waals surface area contributed by atoms with Crippen molar-refractivity contribution in [2.24, 2.45) is 0 Å². The van der Waals surface area contributed by atoms with Gasteiger partial charge < -0.3 is 41.3 Å². The van der Waals surface area contributed by atoms with Gasteiger partial charge in [0, 0.05) is 57.1 Å². The van der Waals surface area contributed by atoms with Gasteiger partial charge in [-0.1, -0.05) is 57.6 Å². The van der Waals surface area contributed by atoms with Gasteiger partial charge in [-0.05, 0) is 56.4 Å². The molecular weight excluding hydrogens is 624 g/mol. The Bertz CT molecular complexity index is 1380. The number of rotatable bonds is 26. The van der Waals surface area contributed by atoms with E-state index in [-0.39, 0.29) is 52.9 Å². The van der Waals surface area contributed by atoms with Crippen LogP contribution in [-0.4, -0.2) is 85.3 Å². The van der Waals surface area contributed by atoms with E-state index in [9.17, 15) is 24.6 Å². The van der Waals surface area contributed by atoms with Crippen LogP contribution in [0.15, 0.2) is 36.4 Å². The zero-order valence-electron chi connectivity index (χ0n) is 29.1. The number of aliphatic hydroxyl groups excluding tert-OH is 1. The molecule has 2 aromatic carbocycles. The monoisotopic (exact) mass is 680 g/mol. The molecule has 0 radical (unpaired) electrons. The lowest BCUT2D eigenvalue weighted by molar-refractivity contribution is -0.143. The summed E-state index contributed by atoms with van der Waals surface area (Å²) >= 11 is 0. The quantitative estimate of drug-likeness (QED) is 0.0241. The van der Waals surface area contributed by atoms with Gasteiger partial charge in [0.05, 0.1) is 28.9 Å². The van der Waals surface area contributed by atoms with Gasteiger partial charge >= 0.3 is 5.97 Å². The van der Waals surface area contributed by atoms with Crippen LogP contribution in [0.1, 0.15) is 116 Å². The first-order valence-corrected chi connectivity index (χ1v) is 18.0. The molecule has 0 saturated carbocycles. The summed E-state index contributed by atoms with van der Waals surface area (Å²) in [4.78, 5) is 39.4. The lowest BCUT2D eigenvalue weighted by atomic mass is 9.81. The topological polar surface area (TPSA) is 169 Å². The minimum Gasteiger partial charge on any atom is -0.507 e. The van der Waals surface area contributed by atoms with Gasteiger partial charge in [-0.3, -0.25) is 14.4 Å². The molecule has 0 unspecified atom stereocenters. The third kappa shape index (κ3) is 12.8. The van der Waals surface area contributed by atoms with Gasteiger partial charge in [0.25, 0.3) is 0 Å². The molecule has 0 bridgehead atoms. The van der Waals surface area contributed by atoms with Gasteiger partial charge in [-0.15, -0.1) is 0 Å². The van der Waals surface area contributed by atoms with E-state index in [2.05, 4.69) is 40.3 Å². The van der Waals surface area contributed by atoms with E-state index in [1.54, 1.807) is 12.1 Å². The fraction of sp³-hybridized carbons (Fsp3) is 0.553. The number of nitrogens with one attached hydrogen (secondary N) is 4. The Morgan fingerprint density at radius 1 is 0.653 bits per heavy atom. The third-order valence-corrected chi connectivity index (χ3v) is 8.48. The molecule has 0 aromatic heterocycles. The molecule has 0 amide bonds. The Balaban J connectivity index is 1.38. The van der Waals surface area contributed by atoms with E-state index in [0.29, 0.717) is 57.1 Å². The molecule has 0 aliphatic heterocycles.